The van der Waals surface area contributed by atoms with E-state index < -0.39 is 11.4 Å². The summed E-state index contributed by atoms with van der Waals surface area (Å²) in [4.78, 5) is 36.2. The van der Waals surface area contributed by atoms with E-state index in [-0.39, 0.29) is 12.1 Å². The second-order valence-corrected chi connectivity index (χ2v) is 8.71. The molecule has 3 aromatic heterocycles. The number of nitrogens with zero attached hydrogens (tertiary/aromatic N) is 3. The smallest absolute Gasteiger partial charge is 0.310 e. The predicted molar refractivity (Wildman–Crippen MR) is 105 cm³/mol. The topological polar surface area (TPSA) is 85.1 Å². The molecule has 0 atom stereocenters. The van der Waals surface area contributed by atoms with Crippen LogP contribution in [-0.2, 0) is 24.2 Å². The van der Waals surface area contributed by atoms with Gasteiger partial charge in [0.05, 0.1) is 10.8 Å². The third-order valence-corrected chi connectivity index (χ3v) is 6.29. The third-order valence-electron chi connectivity index (χ3n) is 5.10. The summed E-state index contributed by atoms with van der Waals surface area (Å²) >= 11 is 1.59. The van der Waals surface area contributed by atoms with Crippen LogP contribution in [0.2, 0.25) is 0 Å². The maximum Gasteiger partial charge on any atom is 0.310 e. The van der Waals surface area contributed by atoms with Crippen molar-refractivity contribution in [1.29, 1.82) is 0 Å². The highest BCUT2D eigenvalue weighted by atomic mass is 32.1. The van der Waals surface area contributed by atoms with Crippen molar-refractivity contribution in [3.8, 4) is 11.5 Å². The number of hydrogen-bond acceptors (Lipinski definition) is 5. The average Bonchev–Trinajstić information content (AvgIpc) is 3.03. The van der Waals surface area contributed by atoms with Crippen LogP contribution in [0.3, 0.4) is 0 Å². The average molecular weight is 383 g/mol. The predicted octanol–water partition coefficient (Wildman–Crippen LogP) is 3.51. The number of carboxylic acid groups (broad SMARTS) is 1. The Balaban J connectivity index is 2.01. The van der Waals surface area contributed by atoms with E-state index in [9.17, 15) is 14.7 Å². The molecule has 0 aromatic carbocycles. The molecule has 1 N–H and O–H groups in total. The number of aliphatic carboxylic acids is 1. The molecule has 6 nitrogen and oxygen atoms in total. The lowest BCUT2D eigenvalue weighted by atomic mass is 9.93. The molecular formula is C20H21N3O3S. The molecule has 7 heteroatoms. The molecule has 4 rings (SSSR count). The van der Waals surface area contributed by atoms with Crippen molar-refractivity contribution >= 4 is 27.5 Å². The second kappa shape index (κ2) is 6.56. The number of aromatic nitrogens is 3. The minimum atomic E-state index is -1.10. The SMILES string of the molecule is CC(C)(Cn1c(-c2ccccn2)nc2sc3c(c2c1=O)CCCC3)C(=O)O. The van der Waals surface area contributed by atoms with Gasteiger partial charge in [-0.1, -0.05) is 6.07 Å². The van der Waals surface area contributed by atoms with Crippen molar-refractivity contribution in [2.45, 2.75) is 46.1 Å². The largest absolute Gasteiger partial charge is 0.481 e. The summed E-state index contributed by atoms with van der Waals surface area (Å²) < 4.78 is 1.50. The Bertz CT molecular complexity index is 1080. The zero-order valence-electron chi connectivity index (χ0n) is 15.4. The molecule has 0 amide bonds. The summed E-state index contributed by atoms with van der Waals surface area (Å²) in [5, 5.41) is 10.2. The van der Waals surface area contributed by atoms with Gasteiger partial charge in [-0.15, -0.1) is 11.3 Å². The number of thiophene rings is 1. The van der Waals surface area contributed by atoms with E-state index in [1.807, 2.05) is 6.07 Å². The maximum absolute atomic E-state index is 13.5. The van der Waals surface area contributed by atoms with Gasteiger partial charge in [0.2, 0.25) is 0 Å². The van der Waals surface area contributed by atoms with Crippen LogP contribution in [0.4, 0.5) is 0 Å². The number of carboxylic acids is 1. The van der Waals surface area contributed by atoms with E-state index in [1.165, 1.54) is 9.44 Å². The highest BCUT2D eigenvalue weighted by molar-refractivity contribution is 7.18. The van der Waals surface area contributed by atoms with Crippen LogP contribution in [0.25, 0.3) is 21.7 Å². The minimum Gasteiger partial charge on any atom is -0.481 e. The van der Waals surface area contributed by atoms with Crippen LogP contribution in [0, 0.1) is 5.41 Å². The number of aryl methyl sites for hydroxylation is 2. The van der Waals surface area contributed by atoms with Gasteiger partial charge in [-0.05, 0) is 57.2 Å². The molecular weight excluding hydrogens is 362 g/mol. The van der Waals surface area contributed by atoms with Gasteiger partial charge in [0.1, 0.15) is 10.5 Å². The van der Waals surface area contributed by atoms with Gasteiger partial charge in [0.25, 0.3) is 5.56 Å². The molecule has 0 saturated carbocycles. The molecule has 3 aromatic rings. The zero-order valence-corrected chi connectivity index (χ0v) is 16.2. The van der Waals surface area contributed by atoms with Gasteiger partial charge in [-0.25, -0.2) is 4.98 Å². The van der Waals surface area contributed by atoms with Crippen molar-refractivity contribution in [2.75, 3.05) is 0 Å². The fraction of sp³-hybridized carbons (Fsp3) is 0.400. The molecule has 27 heavy (non-hydrogen) atoms. The third kappa shape index (κ3) is 3.06. The molecule has 0 bridgehead atoms. The zero-order chi connectivity index (χ0) is 19.2. The Labute approximate surface area is 160 Å². The van der Waals surface area contributed by atoms with Crippen LogP contribution < -0.4 is 5.56 Å². The molecule has 0 unspecified atom stereocenters. The molecule has 0 spiro atoms. The van der Waals surface area contributed by atoms with Gasteiger partial charge in [0, 0.05) is 17.6 Å². The first kappa shape index (κ1) is 17.9. The fourth-order valence-corrected chi connectivity index (χ4v) is 4.79. The highest BCUT2D eigenvalue weighted by Crippen LogP contribution is 2.35. The van der Waals surface area contributed by atoms with Crippen molar-refractivity contribution in [1.82, 2.24) is 14.5 Å². The molecule has 3 heterocycles. The van der Waals surface area contributed by atoms with Crippen molar-refractivity contribution in [2.24, 2.45) is 5.41 Å². The van der Waals surface area contributed by atoms with Gasteiger partial charge < -0.3 is 5.11 Å². The second-order valence-electron chi connectivity index (χ2n) is 7.62. The summed E-state index contributed by atoms with van der Waals surface area (Å²) in [6.07, 6.45) is 5.72. The normalized spacial score (nSPS) is 14.3. The van der Waals surface area contributed by atoms with E-state index in [4.69, 9.17) is 4.98 Å². The minimum absolute atomic E-state index is 0.0423. The quantitative estimate of drug-likeness (QED) is 0.745. The number of fused-ring (bicyclic) bond motifs is 3. The van der Waals surface area contributed by atoms with Gasteiger partial charge >= 0.3 is 5.97 Å². The summed E-state index contributed by atoms with van der Waals surface area (Å²) in [5.74, 6) is -0.519. The summed E-state index contributed by atoms with van der Waals surface area (Å²) in [5.41, 5.74) is 0.422. The van der Waals surface area contributed by atoms with Crippen LogP contribution in [-0.4, -0.2) is 25.6 Å². The van der Waals surface area contributed by atoms with Crippen molar-refractivity contribution < 1.29 is 9.90 Å². The Morgan fingerprint density at radius 3 is 2.78 bits per heavy atom. The van der Waals surface area contributed by atoms with Crippen LogP contribution in [0.5, 0.6) is 0 Å². The number of hydrogen-bond donors (Lipinski definition) is 1. The van der Waals surface area contributed by atoms with Crippen molar-refractivity contribution in [3.05, 3.63) is 45.2 Å². The number of carbonyl (C=O) groups is 1. The standard InChI is InChI=1S/C20H21N3O3S/c1-20(2,19(25)26)11-23-16(13-8-5-6-10-21-13)22-17-15(18(23)24)12-7-3-4-9-14(12)27-17/h5-6,8,10H,3-4,7,9,11H2,1-2H3,(H,25,26). The first-order valence-corrected chi connectivity index (χ1v) is 9.90. The van der Waals surface area contributed by atoms with Crippen LogP contribution in [0.15, 0.2) is 29.2 Å². The van der Waals surface area contributed by atoms with Crippen LogP contribution >= 0.6 is 11.3 Å². The number of rotatable bonds is 4. The summed E-state index contributed by atoms with van der Waals surface area (Å²) in [6, 6.07) is 5.44. The first-order chi connectivity index (χ1) is 12.9. The highest BCUT2D eigenvalue weighted by Gasteiger charge is 2.31. The molecule has 0 saturated heterocycles. The van der Waals surface area contributed by atoms with Gasteiger partial charge in [0.15, 0.2) is 5.82 Å². The fourth-order valence-electron chi connectivity index (χ4n) is 3.54. The Morgan fingerprint density at radius 1 is 1.30 bits per heavy atom. The molecule has 140 valence electrons. The molecule has 1 aliphatic rings. The van der Waals surface area contributed by atoms with E-state index in [1.54, 1.807) is 43.5 Å². The monoisotopic (exact) mass is 383 g/mol. The lowest BCUT2D eigenvalue weighted by Crippen LogP contribution is -2.35. The molecule has 0 radical (unpaired) electrons. The van der Waals surface area contributed by atoms with E-state index in [0.717, 1.165) is 36.1 Å². The van der Waals surface area contributed by atoms with Gasteiger partial charge in [-0.3, -0.25) is 19.1 Å². The molecule has 0 fully saturated rings. The lowest BCUT2D eigenvalue weighted by Gasteiger charge is -2.22. The molecule has 0 aliphatic heterocycles. The van der Waals surface area contributed by atoms with E-state index in [0.29, 0.717) is 16.9 Å². The van der Waals surface area contributed by atoms with Gasteiger partial charge in [-0.2, -0.15) is 0 Å². The Hall–Kier alpha value is -2.54. The summed E-state index contributed by atoms with van der Waals surface area (Å²) in [6.45, 7) is 3.29. The van der Waals surface area contributed by atoms with E-state index >= 15 is 0 Å². The molecule has 1 aliphatic carbocycles. The first-order valence-electron chi connectivity index (χ1n) is 9.08. The van der Waals surface area contributed by atoms with Crippen LogP contribution in [0.1, 0.15) is 37.1 Å². The number of pyridine rings is 1. The Morgan fingerprint density at radius 2 is 2.07 bits per heavy atom. The maximum atomic E-state index is 13.5. The van der Waals surface area contributed by atoms with Crippen molar-refractivity contribution in [3.63, 3.8) is 0 Å². The lowest BCUT2D eigenvalue weighted by molar-refractivity contribution is -0.147. The van der Waals surface area contributed by atoms with E-state index in [2.05, 4.69) is 4.98 Å². The Kier molecular flexibility index (Phi) is 4.34. The summed E-state index contributed by atoms with van der Waals surface area (Å²) in [7, 11) is 0.